The molecule has 0 spiro atoms. The average molecular weight is 293 g/mol. The second kappa shape index (κ2) is 8.24. The zero-order chi connectivity index (χ0) is 15.8. The quantitative estimate of drug-likeness (QED) is 0.589. The molecular weight excluding hydrogens is 270 g/mol. The first-order chi connectivity index (χ1) is 10.0. The van der Waals surface area contributed by atoms with E-state index in [0.29, 0.717) is 24.3 Å². The van der Waals surface area contributed by atoms with Gasteiger partial charge in [-0.2, -0.15) is 0 Å². The van der Waals surface area contributed by atoms with Crippen LogP contribution in [0.1, 0.15) is 43.5 Å². The van der Waals surface area contributed by atoms with Crippen molar-refractivity contribution in [1.29, 1.82) is 0 Å². The van der Waals surface area contributed by atoms with E-state index in [1.807, 2.05) is 6.92 Å². The predicted octanol–water partition coefficient (Wildman–Crippen LogP) is 3.29. The average Bonchev–Trinajstić information content (AvgIpc) is 2.49. The molecule has 1 aromatic carbocycles. The molecule has 0 heterocycles. The highest BCUT2D eigenvalue weighted by Gasteiger charge is 2.23. The van der Waals surface area contributed by atoms with E-state index in [1.54, 1.807) is 24.1 Å². The molecule has 1 amide bonds. The summed E-state index contributed by atoms with van der Waals surface area (Å²) >= 11 is 0. The third-order valence-corrected chi connectivity index (χ3v) is 3.22. The smallest absolute Gasteiger partial charge is 0.293 e. The summed E-state index contributed by atoms with van der Waals surface area (Å²) in [6.45, 7) is 5.26. The second-order valence-corrected chi connectivity index (χ2v) is 4.96. The number of nitro benzene ring substituents is 1. The number of anilines is 1. The molecule has 0 atom stereocenters. The van der Waals surface area contributed by atoms with Crippen LogP contribution in [0.15, 0.2) is 18.2 Å². The zero-order valence-electron chi connectivity index (χ0n) is 12.9. The van der Waals surface area contributed by atoms with Crippen molar-refractivity contribution in [2.24, 2.45) is 0 Å². The number of amides is 1. The fourth-order valence-corrected chi connectivity index (χ4v) is 2.01. The maximum atomic E-state index is 12.5. The molecule has 116 valence electrons. The van der Waals surface area contributed by atoms with Gasteiger partial charge in [0.2, 0.25) is 0 Å². The van der Waals surface area contributed by atoms with Crippen LogP contribution in [-0.2, 0) is 0 Å². The molecule has 1 N–H and O–H groups in total. The molecular formula is C15H23N3O3. The van der Waals surface area contributed by atoms with Gasteiger partial charge in [0, 0.05) is 26.2 Å². The van der Waals surface area contributed by atoms with Gasteiger partial charge in [-0.15, -0.1) is 0 Å². The molecule has 0 aliphatic rings. The predicted molar refractivity (Wildman–Crippen MR) is 83.7 cm³/mol. The van der Waals surface area contributed by atoms with Crippen LogP contribution < -0.4 is 5.32 Å². The second-order valence-electron chi connectivity index (χ2n) is 4.96. The van der Waals surface area contributed by atoms with E-state index in [1.165, 1.54) is 6.07 Å². The Labute approximate surface area is 125 Å². The van der Waals surface area contributed by atoms with Crippen molar-refractivity contribution >= 4 is 17.3 Å². The molecule has 1 rings (SSSR count). The van der Waals surface area contributed by atoms with Gasteiger partial charge in [0.15, 0.2) is 0 Å². The fraction of sp³-hybridized carbons (Fsp3) is 0.533. The van der Waals surface area contributed by atoms with Crippen molar-refractivity contribution in [3.63, 3.8) is 0 Å². The Morgan fingerprint density at radius 3 is 2.62 bits per heavy atom. The summed E-state index contributed by atoms with van der Waals surface area (Å²) in [4.78, 5) is 24.8. The van der Waals surface area contributed by atoms with E-state index in [2.05, 4.69) is 12.2 Å². The van der Waals surface area contributed by atoms with Crippen LogP contribution in [-0.4, -0.2) is 35.9 Å². The highest BCUT2D eigenvalue weighted by atomic mass is 16.6. The van der Waals surface area contributed by atoms with E-state index in [0.717, 1.165) is 19.3 Å². The Hall–Kier alpha value is -2.11. The molecule has 0 aromatic heterocycles. The van der Waals surface area contributed by atoms with Crippen LogP contribution in [0.3, 0.4) is 0 Å². The zero-order valence-corrected chi connectivity index (χ0v) is 12.9. The van der Waals surface area contributed by atoms with Crippen LogP contribution in [0.25, 0.3) is 0 Å². The first kappa shape index (κ1) is 16.9. The summed E-state index contributed by atoms with van der Waals surface area (Å²) in [5.74, 6) is -0.189. The lowest BCUT2D eigenvalue weighted by molar-refractivity contribution is -0.384. The maximum Gasteiger partial charge on any atom is 0.293 e. The minimum absolute atomic E-state index is 0.0572. The van der Waals surface area contributed by atoms with E-state index >= 15 is 0 Å². The van der Waals surface area contributed by atoms with E-state index in [9.17, 15) is 14.9 Å². The van der Waals surface area contributed by atoms with Crippen molar-refractivity contribution in [3.05, 3.63) is 33.9 Å². The van der Waals surface area contributed by atoms with Gasteiger partial charge in [-0.1, -0.05) is 26.3 Å². The number of carbonyl (C=O) groups excluding carboxylic acids is 1. The summed E-state index contributed by atoms with van der Waals surface area (Å²) in [6.07, 6.45) is 2.73. The van der Waals surface area contributed by atoms with Gasteiger partial charge < -0.3 is 10.2 Å². The van der Waals surface area contributed by atoms with Gasteiger partial charge in [-0.05, 0) is 18.9 Å². The highest BCUT2D eigenvalue weighted by Crippen LogP contribution is 2.29. The van der Waals surface area contributed by atoms with E-state index in [-0.39, 0.29) is 11.6 Å². The molecule has 1 aromatic rings. The summed E-state index contributed by atoms with van der Waals surface area (Å²) in [5.41, 5.74) is 0.618. The Morgan fingerprint density at radius 2 is 2.05 bits per heavy atom. The molecule has 0 radical (unpaired) electrons. The molecule has 21 heavy (non-hydrogen) atoms. The number of nitrogens with zero attached hydrogens (tertiary/aromatic N) is 2. The van der Waals surface area contributed by atoms with Crippen LogP contribution in [0.4, 0.5) is 11.4 Å². The number of rotatable bonds is 8. The number of carbonyl (C=O) groups is 1. The number of hydrogen-bond donors (Lipinski definition) is 1. The van der Waals surface area contributed by atoms with Gasteiger partial charge in [0.1, 0.15) is 5.69 Å². The van der Waals surface area contributed by atoms with E-state index < -0.39 is 4.92 Å². The number of nitrogens with one attached hydrogen (secondary N) is 1. The third kappa shape index (κ3) is 4.44. The first-order valence-corrected chi connectivity index (χ1v) is 7.29. The van der Waals surface area contributed by atoms with Crippen molar-refractivity contribution in [2.75, 3.05) is 25.5 Å². The van der Waals surface area contributed by atoms with Gasteiger partial charge in [-0.3, -0.25) is 14.9 Å². The fourth-order valence-electron chi connectivity index (χ4n) is 2.01. The standard InChI is InChI=1S/C15H23N3O3/c1-4-6-11-17(3)15(19)12-8-7-9-13(18(20)21)14(12)16-10-5-2/h7-9,16H,4-6,10-11H2,1-3H3. The van der Waals surface area contributed by atoms with Crippen molar-refractivity contribution < 1.29 is 9.72 Å². The minimum Gasteiger partial charge on any atom is -0.379 e. The lowest BCUT2D eigenvalue weighted by Crippen LogP contribution is -2.28. The van der Waals surface area contributed by atoms with Crippen LogP contribution in [0, 0.1) is 10.1 Å². The molecule has 0 aliphatic carbocycles. The van der Waals surface area contributed by atoms with Crippen LogP contribution in [0.5, 0.6) is 0 Å². The minimum atomic E-state index is -0.458. The Kier molecular flexibility index (Phi) is 6.65. The number of unbranched alkanes of at least 4 members (excludes halogenated alkanes) is 1. The number of para-hydroxylation sites is 1. The SMILES string of the molecule is CCCCN(C)C(=O)c1cccc([N+](=O)[O-])c1NCCC. The van der Waals surface area contributed by atoms with Crippen LogP contribution >= 0.6 is 0 Å². The van der Waals surface area contributed by atoms with Gasteiger partial charge in [0.05, 0.1) is 10.5 Å². The highest BCUT2D eigenvalue weighted by molar-refractivity contribution is 6.01. The monoisotopic (exact) mass is 293 g/mol. The Bertz CT molecular complexity index is 503. The number of nitro groups is 1. The Morgan fingerprint density at radius 1 is 1.33 bits per heavy atom. The molecule has 0 aliphatic heterocycles. The third-order valence-electron chi connectivity index (χ3n) is 3.22. The summed E-state index contributed by atoms with van der Waals surface area (Å²) < 4.78 is 0. The Balaban J connectivity index is 3.12. The van der Waals surface area contributed by atoms with E-state index in [4.69, 9.17) is 0 Å². The molecule has 0 unspecified atom stereocenters. The van der Waals surface area contributed by atoms with Gasteiger partial charge in [0.25, 0.3) is 11.6 Å². The number of benzene rings is 1. The largest absolute Gasteiger partial charge is 0.379 e. The molecule has 0 saturated carbocycles. The summed E-state index contributed by atoms with van der Waals surface area (Å²) in [5, 5.41) is 14.2. The summed E-state index contributed by atoms with van der Waals surface area (Å²) in [7, 11) is 1.72. The summed E-state index contributed by atoms with van der Waals surface area (Å²) in [6, 6.07) is 4.60. The molecule has 0 fully saturated rings. The van der Waals surface area contributed by atoms with Gasteiger partial charge >= 0.3 is 0 Å². The lowest BCUT2D eigenvalue weighted by Gasteiger charge is -2.19. The molecule has 0 saturated heterocycles. The first-order valence-electron chi connectivity index (χ1n) is 7.29. The lowest BCUT2D eigenvalue weighted by atomic mass is 10.1. The van der Waals surface area contributed by atoms with Crippen molar-refractivity contribution in [2.45, 2.75) is 33.1 Å². The van der Waals surface area contributed by atoms with Crippen molar-refractivity contribution in [1.82, 2.24) is 4.90 Å². The van der Waals surface area contributed by atoms with Crippen LogP contribution in [0.2, 0.25) is 0 Å². The molecule has 6 heteroatoms. The van der Waals surface area contributed by atoms with Crippen molar-refractivity contribution in [3.8, 4) is 0 Å². The topological polar surface area (TPSA) is 75.5 Å². The normalized spacial score (nSPS) is 10.2. The molecule has 6 nitrogen and oxygen atoms in total. The van der Waals surface area contributed by atoms with Gasteiger partial charge in [-0.25, -0.2) is 0 Å². The maximum absolute atomic E-state index is 12.5. The molecule has 0 bridgehead atoms. The number of hydrogen-bond acceptors (Lipinski definition) is 4.